The first kappa shape index (κ1) is 13.3. The summed E-state index contributed by atoms with van der Waals surface area (Å²) in [4.78, 5) is 10.9. The number of hydrogen-bond donors (Lipinski definition) is 0. The van der Waals surface area contributed by atoms with Gasteiger partial charge in [-0.15, -0.1) is 0 Å². The average Bonchev–Trinajstić information content (AvgIpc) is 2.40. The van der Waals surface area contributed by atoms with Gasteiger partial charge < -0.3 is 4.74 Å². The monoisotopic (exact) mass is 249 g/mol. The van der Waals surface area contributed by atoms with E-state index < -0.39 is 0 Å². The lowest BCUT2D eigenvalue weighted by Gasteiger charge is -2.38. The molecule has 0 amide bonds. The van der Waals surface area contributed by atoms with Crippen LogP contribution in [0.4, 0.5) is 0 Å². The van der Waals surface area contributed by atoms with E-state index in [0.29, 0.717) is 18.0 Å². The Morgan fingerprint density at radius 3 is 2.67 bits per heavy atom. The predicted molar refractivity (Wildman–Crippen MR) is 71.5 cm³/mol. The van der Waals surface area contributed by atoms with Crippen LogP contribution >= 0.6 is 0 Å². The lowest BCUT2D eigenvalue weighted by molar-refractivity contribution is 0.104. The summed E-state index contributed by atoms with van der Waals surface area (Å²) in [5.41, 5.74) is 1.17. The Bertz CT molecular complexity index is 364. The molecule has 2 heterocycles. The molecule has 0 spiro atoms. The second-order valence-electron chi connectivity index (χ2n) is 5.36. The summed E-state index contributed by atoms with van der Waals surface area (Å²) in [5.74, 6) is 0.712. The number of methoxy groups -OCH3 is 1. The summed E-state index contributed by atoms with van der Waals surface area (Å²) >= 11 is 0. The van der Waals surface area contributed by atoms with E-state index in [1.807, 2.05) is 12.4 Å². The molecule has 1 aliphatic heterocycles. The highest BCUT2D eigenvalue weighted by Gasteiger charge is 2.24. The quantitative estimate of drug-likeness (QED) is 0.821. The normalized spacial score (nSPS) is 21.2. The Hall–Kier alpha value is -1.16. The molecular formula is C14H23N3O. The first-order chi connectivity index (χ1) is 8.70. The predicted octanol–water partition coefficient (Wildman–Crippen LogP) is 2.50. The maximum absolute atomic E-state index is 4.98. The molecule has 4 heteroatoms. The van der Waals surface area contributed by atoms with Crippen molar-refractivity contribution in [2.45, 2.75) is 45.7 Å². The number of likely N-dealkylation sites (tertiary alicyclic amines) is 1. The molecule has 1 aliphatic rings. The van der Waals surface area contributed by atoms with Gasteiger partial charge in [0.1, 0.15) is 0 Å². The van der Waals surface area contributed by atoms with Crippen molar-refractivity contribution in [2.75, 3.05) is 13.7 Å². The summed E-state index contributed by atoms with van der Waals surface area (Å²) in [7, 11) is 1.59. The van der Waals surface area contributed by atoms with E-state index in [4.69, 9.17) is 4.74 Å². The number of aromatic nitrogens is 2. The van der Waals surface area contributed by atoms with Gasteiger partial charge in [0.25, 0.3) is 0 Å². The van der Waals surface area contributed by atoms with Crippen LogP contribution in [0, 0.1) is 5.92 Å². The SMILES string of the molecule is COc1ncc(CN2CCCCC2C(C)C)cn1. The molecule has 0 aromatic carbocycles. The number of nitrogens with zero attached hydrogens (tertiary/aromatic N) is 3. The maximum Gasteiger partial charge on any atom is 0.316 e. The fraction of sp³-hybridized carbons (Fsp3) is 0.714. The van der Waals surface area contributed by atoms with Crippen molar-refractivity contribution in [3.05, 3.63) is 18.0 Å². The van der Waals surface area contributed by atoms with Crippen molar-refractivity contribution in [3.63, 3.8) is 0 Å². The highest BCUT2D eigenvalue weighted by molar-refractivity contribution is 5.07. The molecule has 2 rings (SSSR count). The van der Waals surface area contributed by atoms with Crippen LogP contribution in [0.15, 0.2) is 12.4 Å². The molecule has 1 aromatic heterocycles. The summed E-state index contributed by atoms with van der Waals surface area (Å²) in [6.45, 7) is 6.77. The molecule has 0 radical (unpaired) electrons. The Morgan fingerprint density at radius 1 is 1.33 bits per heavy atom. The molecule has 18 heavy (non-hydrogen) atoms. The number of rotatable bonds is 4. The third-order valence-corrected chi connectivity index (χ3v) is 3.68. The highest BCUT2D eigenvalue weighted by atomic mass is 16.5. The van der Waals surface area contributed by atoms with Crippen molar-refractivity contribution >= 4 is 0 Å². The van der Waals surface area contributed by atoms with Gasteiger partial charge in [-0.1, -0.05) is 20.3 Å². The van der Waals surface area contributed by atoms with Crippen LogP contribution in [0.2, 0.25) is 0 Å². The van der Waals surface area contributed by atoms with Crippen molar-refractivity contribution < 1.29 is 4.74 Å². The van der Waals surface area contributed by atoms with E-state index in [0.717, 1.165) is 6.54 Å². The van der Waals surface area contributed by atoms with Crippen LogP contribution in [0.25, 0.3) is 0 Å². The lowest BCUT2D eigenvalue weighted by Crippen LogP contribution is -2.42. The second-order valence-corrected chi connectivity index (χ2v) is 5.36. The van der Waals surface area contributed by atoms with E-state index in [-0.39, 0.29) is 0 Å². The van der Waals surface area contributed by atoms with Crippen molar-refractivity contribution in [1.82, 2.24) is 14.9 Å². The second kappa shape index (κ2) is 6.14. The molecule has 0 aliphatic carbocycles. The lowest BCUT2D eigenvalue weighted by atomic mass is 9.92. The summed E-state index contributed by atoms with van der Waals surface area (Å²) in [6, 6.07) is 1.14. The summed E-state index contributed by atoms with van der Waals surface area (Å²) in [6.07, 6.45) is 7.73. The molecule has 1 atom stereocenters. The maximum atomic E-state index is 4.98. The minimum atomic E-state index is 0.442. The van der Waals surface area contributed by atoms with E-state index in [1.165, 1.54) is 31.4 Å². The largest absolute Gasteiger partial charge is 0.467 e. The fourth-order valence-electron chi connectivity index (χ4n) is 2.73. The first-order valence-corrected chi connectivity index (χ1v) is 6.79. The Balaban J connectivity index is 2.01. The van der Waals surface area contributed by atoms with Crippen molar-refractivity contribution in [1.29, 1.82) is 0 Å². The summed E-state index contributed by atoms with van der Waals surface area (Å²) in [5, 5.41) is 0. The van der Waals surface area contributed by atoms with Gasteiger partial charge in [-0.05, 0) is 25.3 Å². The van der Waals surface area contributed by atoms with Gasteiger partial charge in [-0.2, -0.15) is 0 Å². The molecule has 1 unspecified atom stereocenters. The zero-order valence-corrected chi connectivity index (χ0v) is 11.6. The Labute approximate surface area is 109 Å². The zero-order chi connectivity index (χ0) is 13.0. The minimum absolute atomic E-state index is 0.442. The molecule has 4 nitrogen and oxygen atoms in total. The number of ether oxygens (including phenoxy) is 1. The van der Waals surface area contributed by atoms with Crippen molar-refractivity contribution in [2.24, 2.45) is 5.92 Å². The van der Waals surface area contributed by atoms with Crippen LogP contribution in [-0.4, -0.2) is 34.6 Å². The Kier molecular flexibility index (Phi) is 4.53. The van der Waals surface area contributed by atoms with Gasteiger partial charge in [0.2, 0.25) is 0 Å². The summed E-state index contributed by atoms with van der Waals surface area (Å²) < 4.78 is 4.98. The van der Waals surface area contributed by atoms with Crippen LogP contribution in [0.1, 0.15) is 38.7 Å². The van der Waals surface area contributed by atoms with Crippen LogP contribution in [0.3, 0.4) is 0 Å². The minimum Gasteiger partial charge on any atom is -0.467 e. The van der Waals surface area contributed by atoms with E-state index >= 15 is 0 Å². The van der Waals surface area contributed by atoms with E-state index in [2.05, 4.69) is 28.7 Å². The highest BCUT2D eigenvalue weighted by Crippen LogP contribution is 2.24. The molecule has 0 bridgehead atoms. The van der Waals surface area contributed by atoms with Gasteiger partial charge in [0.05, 0.1) is 7.11 Å². The number of hydrogen-bond acceptors (Lipinski definition) is 4. The molecule has 100 valence electrons. The van der Waals surface area contributed by atoms with E-state index in [9.17, 15) is 0 Å². The molecular weight excluding hydrogens is 226 g/mol. The number of piperidine rings is 1. The topological polar surface area (TPSA) is 38.2 Å². The van der Waals surface area contributed by atoms with Crippen LogP contribution in [0.5, 0.6) is 6.01 Å². The van der Waals surface area contributed by atoms with Gasteiger partial charge in [0, 0.05) is 30.5 Å². The van der Waals surface area contributed by atoms with E-state index in [1.54, 1.807) is 7.11 Å². The standard InChI is InChI=1S/C14H23N3O/c1-11(2)13-6-4-5-7-17(13)10-12-8-15-14(18-3)16-9-12/h8-9,11,13H,4-7,10H2,1-3H3. The smallest absolute Gasteiger partial charge is 0.316 e. The average molecular weight is 249 g/mol. The molecule has 0 saturated carbocycles. The van der Waals surface area contributed by atoms with Gasteiger partial charge in [-0.25, -0.2) is 9.97 Å². The third-order valence-electron chi connectivity index (χ3n) is 3.68. The molecule has 1 aromatic rings. The van der Waals surface area contributed by atoms with Gasteiger partial charge >= 0.3 is 6.01 Å². The van der Waals surface area contributed by atoms with Gasteiger partial charge in [-0.3, -0.25) is 4.90 Å². The van der Waals surface area contributed by atoms with Crippen LogP contribution < -0.4 is 4.74 Å². The van der Waals surface area contributed by atoms with Crippen molar-refractivity contribution in [3.8, 4) is 6.01 Å². The fourth-order valence-corrected chi connectivity index (χ4v) is 2.73. The van der Waals surface area contributed by atoms with Crippen LogP contribution in [-0.2, 0) is 6.54 Å². The Morgan fingerprint density at radius 2 is 2.06 bits per heavy atom. The third kappa shape index (κ3) is 3.19. The zero-order valence-electron chi connectivity index (χ0n) is 11.6. The molecule has 1 saturated heterocycles. The molecule has 1 fully saturated rings. The first-order valence-electron chi connectivity index (χ1n) is 6.79. The van der Waals surface area contributed by atoms with Gasteiger partial charge in [0.15, 0.2) is 0 Å². The molecule has 0 N–H and O–H groups in total.